The first-order valence-corrected chi connectivity index (χ1v) is 9.39. The van der Waals surface area contributed by atoms with Crippen LogP contribution in [0.5, 0.6) is 0 Å². The predicted octanol–water partition coefficient (Wildman–Crippen LogP) is -0.916. The molecule has 0 spiro atoms. The van der Waals surface area contributed by atoms with Crippen LogP contribution in [0.3, 0.4) is 0 Å². The number of aromatic nitrogens is 4. The molecule has 4 atom stereocenters. The van der Waals surface area contributed by atoms with E-state index in [-0.39, 0.29) is 13.2 Å². The Kier molecular flexibility index (Phi) is 6.91. The zero-order valence-corrected chi connectivity index (χ0v) is 15.2. The average molecular weight is 380 g/mol. The molecule has 27 heavy (non-hydrogen) atoms. The molecule has 0 bridgehead atoms. The van der Waals surface area contributed by atoms with Crippen LogP contribution in [0.2, 0.25) is 0 Å². The fraction of sp³-hybridized carbons (Fsp3) is 0.706. The Morgan fingerprint density at radius 3 is 2.74 bits per heavy atom. The molecule has 6 N–H and O–H groups in total. The molecule has 0 saturated carbocycles. The highest BCUT2D eigenvalue weighted by Gasteiger charge is 2.40. The molecule has 0 unspecified atom stereocenters. The van der Waals surface area contributed by atoms with E-state index in [1.165, 1.54) is 0 Å². The molecule has 3 rings (SSSR count). The summed E-state index contributed by atoms with van der Waals surface area (Å²) in [5, 5.41) is 42.1. The van der Waals surface area contributed by atoms with Crippen LogP contribution in [0.15, 0.2) is 12.5 Å². The number of likely N-dealkylation sites (tertiary alicyclic amines) is 1. The molecule has 2 aromatic heterocycles. The average Bonchev–Trinajstić information content (AvgIpc) is 3.13. The van der Waals surface area contributed by atoms with Crippen molar-refractivity contribution in [1.29, 1.82) is 0 Å². The largest absolute Gasteiger partial charge is 0.395 e. The van der Waals surface area contributed by atoms with Crippen LogP contribution < -0.4 is 5.32 Å². The van der Waals surface area contributed by atoms with Crippen molar-refractivity contribution in [2.45, 2.75) is 50.0 Å². The van der Waals surface area contributed by atoms with Crippen molar-refractivity contribution in [1.82, 2.24) is 24.8 Å². The number of unbranched alkanes of at least 4 members (excludes halogenated alkanes) is 3. The van der Waals surface area contributed by atoms with E-state index in [0.717, 1.165) is 37.7 Å². The standard InChI is InChI=1S/C17H28N6O4/c24-9-12-14(26)15(27)13(25)8-23(12)6-4-2-1-3-5-18-17-19-7-11-16(22-17)21-10-20-11/h7,10,12-15,24-27H,1-6,8-9H2,(H2,18,19,20,21,22)/t12-,13+,14-,15-/m1/s1. The molecule has 2 aromatic rings. The van der Waals surface area contributed by atoms with Gasteiger partial charge in [0.2, 0.25) is 5.95 Å². The number of imidazole rings is 1. The van der Waals surface area contributed by atoms with E-state index < -0.39 is 24.4 Å². The molecule has 1 aliphatic heterocycles. The van der Waals surface area contributed by atoms with Gasteiger partial charge in [-0.2, -0.15) is 4.98 Å². The lowest BCUT2D eigenvalue weighted by atomic mass is 9.94. The second-order valence-electron chi connectivity index (χ2n) is 6.97. The third kappa shape index (κ3) is 4.90. The Hall–Kier alpha value is -1.85. The van der Waals surface area contributed by atoms with Crippen molar-refractivity contribution < 1.29 is 20.4 Å². The number of piperidine rings is 1. The van der Waals surface area contributed by atoms with Crippen molar-refractivity contribution in [3.63, 3.8) is 0 Å². The van der Waals surface area contributed by atoms with Crippen LogP contribution in [0.1, 0.15) is 25.7 Å². The summed E-state index contributed by atoms with van der Waals surface area (Å²) in [4.78, 5) is 17.4. The summed E-state index contributed by atoms with van der Waals surface area (Å²) < 4.78 is 0. The zero-order valence-electron chi connectivity index (χ0n) is 15.2. The molecule has 1 saturated heterocycles. The molecule has 0 aliphatic carbocycles. The number of aliphatic hydroxyl groups is 4. The number of nitrogens with one attached hydrogen (secondary N) is 2. The van der Waals surface area contributed by atoms with Gasteiger partial charge in [0.15, 0.2) is 5.65 Å². The molecule has 0 radical (unpaired) electrons. The van der Waals surface area contributed by atoms with Crippen LogP contribution in [0.25, 0.3) is 11.2 Å². The van der Waals surface area contributed by atoms with E-state index >= 15 is 0 Å². The number of anilines is 1. The normalized spacial score (nSPS) is 26.5. The lowest BCUT2D eigenvalue weighted by molar-refractivity contribution is -0.145. The number of nitrogens with zero attached hydrogens (tertiary/aromatic N) is 4. The van der Waals surface area contributed by atoms with Crippen LogP contribution in [0.4, 0.5) is 5.95 Å². The maximum atomic E-state index is 9.97. The quantitative estimate of drug-likeness (QED) is 0.304. The second kappa shape index (κ2) is 9.38. The van der Waals surface area contributed by atoms with E-state index in [1.54, 1.807) is 12.5 Å². The first kappa shape index (κ1) is 19.9. The number of β-amino-alcohol motifs (C(OH)–C–C–N with tert-alkyl or cyclic N) is 1. The molecule has 10 heteroatoms. The number of hydrogen-bond donors (Lipinski definition) is 6. The number of H-pyrrole nitrogens is 1. The van der Waals surface area contributed by atoms with E-state index in [4.69, 9.17) is 0 Å². The summed E-state index contributed by atoms with van der Waals surface area (Å²) in [6, 6.07) is -0.529. The van der Waals surface area contributed by atoms with Crippen LogP contribution in [-0.4, -0.2) is 95.9 Å². The minimum Gasteiger partial charge on any atom is -0.395 e. The van der Waals surface area contributed by atoms with E-state index in [9.17, 15) is 20.4 Å². The van der Waals surface area contributed by atoms with Crippen molar-refractivity contribution in [3.8, 4) is 0 Å². The molecule has 150 valence electrons. The molecular weight excluding hydrogens is 352 g/mol. The van der Waals surface area contributed by atoms with Gasteiger partial charge < -0.3 is 30.7 Å². The Morgan fingerprint density at radius 2 is 1.93 bits per heavy atom. The van der Waals surface area contributed by atoms with Gasteiger partial charge in [-0.1, -0.05) is 12.8 Å². The van der Waals surface area contributed by atoms with Gasteiger partial charge in [0, 0.05) is 13.1 Å². The van der Waals surface area contributed by atoms with Crippen molar-refractivity contribution in [3.05, 3.63) is 12.5 Å². The van der Waals surface area contributed by atoms with Gasteiger partial charge in [-0.3, -0.25) is 4.90 Å². The number of aromatic amines is 1. The highest BCUT2D eigenvalue weighted by atomic mass is 16.4. The van der Waals surface area contributed by atoms with Gasteiger partial charge >= 0.3 is 0 Å². The third-order valence-electron chi connectivity index (χ3n) is 5.05. The molecule has 1 fully saturated rings. The van der Waals surface area contributed by atoms with Crippen LogP contribution in [0, 0.1) is 0 Å². The molecular formula is C17H28N6O4. The monoisotopic (exact) mass is 380 g/mol. The van der Waals surface area contributed by atoms with Gasteiger partial charge in [0.1, 0.15) is 17.7 Å². The highest BCUT2D eigenvalue weighted by molar-refractivity contribution is 5.69. The fourth-order valence-corrected chi connectivity index (χ4v) is 3.45. The summed E-state index contributed by atoms with van der Waals surface area (Å²) >= 11 is 0. The molecule has 0 amide bonds. The Labute approximate surface area is 157 Å². The van der Waals surface area contributed by atoms with Gasteiger partial charge in [0.25, 0.3) is 0 Å². The van der Waals surface area contributed by atoms with Crippen molar-refractivity contribution >= 4 is 17.1 Å². The number of aliphatic hydroxyl groups excluding tert-OH is 4. The number of fused-ring (bicyclic) bond motifs is 1. The topological polar surface area (TPSA) is 151 Å². The third-order valence-corrected chi connectivity index (χ3v) is 5.05. The summed E-state index contributed by atoms with van der Waals surface area (Å²) in [6.07, 6.45) is 3.84. The maximum absolute atomic E-state index is 9.97. The molecule has 0 aromatic carbocycles. The van der Waals surface area contributed by atoms with Crippen molar-refractivity contribution in [2.24, 2.45) is 0 Å². The van der Waals surface area contributed by atoms with Gasteiger partial charge in [0.05, 0.1) is 31.3 Å². The lowest BCUT2D eigenvalue weighted by Crippen LogP contribution is -2.62. The maximum Gasteiger partial charge on any atom is 0.224 e. The summed E-state index contributed by atoms with van der Waals surface area (Å²) in [7, 11) is 0. The first-order valence-electron chi connectivity index (χ1n) is 9.39. The Morgan fingerprint density at radius 1 is 1.11 bits per heavy atom. The molecule has 10 nitrogen and oxygen atoms in total. The molecule has 3 heterocycles. The lowest BCUT2D eigenvalue weighted by Gasteiger charge is -2.43. The predicted molar refractivity (Wildman–Crippen MR) is 99.1 cm³/mol. The fourth-order valence-electron chi connectivity index (χ4n) is 3.45. The molecule has 1 aliphatic rings. The number of rotatable bonds is 9. The van der Waals surface area contributed by atoms with E-state index in [0.29, 0.717) is 18.1 Å². The summed E-state index contributed by atoms with van der Waals surface area (Å²) in [5.74, 6) is 0.565. The first-order chi connectivity index (χ1) is 13.1. The zero-order chi connectivity index (χ0) is 19.2. The Bertz CT molecular complexity index is 714. The van der Waals surface area contributed by atoms with Crippen LogP contribution >= 0.6 is 0 Å². The van der Waals surface area contributed by atoms with Gasteiger partial charge in [-0.25, -0.2) is 9.97 Å². The second-order valence-corrected chi connectivity index (χ2v) is 6.97. The Balaban J connectivity index is 1.32. The SMILES string of the molecule is OC[C@@H]1[C@@H](O)[C@H](O)[C@@H](O)CN1CCCCCCNc1ncc2[nH]cnc2n1. The highest BCUT2D eigenvalue weighted by Crippen LogP contribution is 2.19. The smallest absolute Gasteiger partial charge is 0.224 e. The number of hydrogen-bond acceptors (Lipinski definition) is 9. The van der Waals surface area contributed by atoms with Crippen molar-refractivity contribution in [2.75, 3.05) is 31.6 Å². The van der Waals surface area contributed by atoms with Gasteiger partial charge in [-0.15, -0.1) is 0 Å². The minimum atomic E-state index is -1.20. The van der Waals surface area contributed by atoms with E-state index in [1.807, 2.05) is 4.90 Å². The van der Waals surface area contributed by atoms with E-state index in [2.05, 4.69) is 25.3 Å². The summed E-state index contributed by atoms with van der Waals surface area (Å²) in [6.45, 7) is 1.45. The minimum absolute atomic E-state index is 0.241. The summed E-state index contributed by atoms with van der Waals surface area (Å²) in [5.41, 5.74) is 1.45. The van der Waals surface area contributed by atoms with Crippen LogP contribution in [-0.2, 0) is 0 Å². The van der Waals surface area contributed by atoms with Gasteiger partial charge in [-0.05, 0) is 19.4 Å².